The van der Waals surface area contributed by atoms with Gasteiger partial charge in [0.05, 0.1) is 12.8 Å². The molecule has 7 heteroatoms. The summed E-state index contributed by atoms with van der Waals surface area (Å²) >= 11 is 12.1. The molecule has 2 aromatic carbocycles. The molecule has 0 aromatic heterocycles. The van der Waals surface area contributed by atoms with E-state index in [1.54, 1.807) is 36.3 Å². The highest BCUT2D eigenvalue weighted by Gasteiger charge is 2.26. The predicted octanol–water partition coefficient (Wildman–Crippen LogP) is 4.54. The van der Waals surface area contributed by atoms with Gasteiger partial charge in [-0.15, -0.1) is 0 Å². The van der Waals surface area contributed by atoms with Gasteiger partial charge in [0.15, 0.2) is 11.5 Å². The lowest BCUT2D eigenvalue weighted by molar-refractivity contribution is -0.114. The molecule has 0 atom stereocenters. The molecule has 29 heavy (non-hydrogen) atoms. The first kappa shape index (κ1) is 21.5. The molecule has 0 N–H and O–H groups in total. The molecule has 1 heterocycles. The third kappa shape index (κ3) is 5.24. The number of halogens is 2. The molecule has 0 bridgehead atoms. The van der Waals surface area contributed by atoms with E-state index in [0.717, 1.165) is 29.8 Å². The van der Waals surface area contributed by atoms with Crippen LogP contribution in [0.3, 0.4) is 0 Å². The summed E-state index contributed by atoms with van der Waals surface area (Å²) in [5, 5.41) is 1.06. The molecule has 1 amide bonds. The van der Waals surface area contributed by atoms with E-state index in [1.807, 2.05) is 31.1 Å². The van der Waals surface area contributed by atoms with Crippen LogP contribution < -0.4 is 14.4 Å². The Morgan fingerprint density at radius 2 is 2.00 bits per heavy atom. The van der Waals surface area contributed by atoms with Gasteiger partial charge in [-0.05, 0) is 55.9 Å². The highest BCUT2D eigenvalue weighted by Crippen LogP contribution is 2.39. The molecule has 0 radical (unpaired) electrons. The standard InChI is InChI=1S/C22H24Cl2N2O3/c1-25(2)10-11-29-21-14-19-16(12-20(21)28-3)8-9-26(19)22(27)7-5-15-4-6-17(23)13-18(15)24/h4-7,12-14H,8-11H2,1-3H3. The van der Waals surface area contributed by atoms with Crippen molar-refractivity contribution in [1.29, 1.82) is 0 Å². The van der Waals surface area contributed by atoms with Crippen molar-refractivity contribution in [3.63, 3.8) is 0 Å². The number of rotatable bonds is 7. The number of likely N-dealkylation sites (N-methyl/N-ethyl adjacent to an activating group) is 1. The van der Waals surface area contributed by atoms with Crippen molar-refractivity contribution < 1.29 is 14.3 Å². The van der Waals surface area contributed by atoms with Crippen molar-refractivity contribution in [3.05, 3.63) is 57.6 Å². The Bertz CT molecular complexity index is 929. The zero-order valence-electron chi connectivity index (χ0n) is 16.7. The molecule has 154 valence electrons. The second kappa shape index (κ2) is 9.53. The van der Waals surface area contributed by atoms with Crippen LogP contribution in [-0.2, 0) is 11.2 Å². The molecular formula is C22H24Cl2N2O3. The van der Waals surface area contributed by atoms with Crippen molar-refractivity contribution >= 4 is 40.9 Å². The summed E-state index contributed by atoms with van der Waals surface area (Å²) in [5.41, 5.74) is 2.65. The topological polar surface area (TPSA) is 42.0 Å². The lowest BCUT2D eigenvalue weighted by Gasteiger charge is -2.18. The molecule has 5 nitrogen and oxygen atoms in total. The number of hydrogen-bond donors (Lipinski definition) is 0. The molecule has 2 aromatic rings. The van der Waals surface area contributed by atoms with Gasteiger partial charge in [-0.1, -0.05) is 29.3 Å². The molecule has 0 saturated carbocycles. The maximum absolute atomic E-state index is 12.8. The van der Waals surface area contributed by atoms with Gasteiger partial charge in [-0.3, -0.25) is 4.79 Å². The highest BCUT2D eigenvalue weighted by molar-refractivity contribution is 6.35. The van der Waals surface area contributed by atoms with Gasteiger partial charge in [0.1, 0.15) is 6.61 Å². The van der Waals surface area contributed by atoms with Crippen molar-refractivity contribution in [2.75, 3.05) is 45.8 Å². The van der Waals surface area contributed by atoms with Crippen LogP contribution in [0.5, 0.6) is 11.5 Å². The number of fused-ring (bicyclic) bond motifs is 1. The number of carbonyl (C=O) groups is 1. The fourth-order valence-electron chi connectivity index (χ4n) is 3.12. The SMILES string of the molecule is COc1cc2c(cc1OCCN(C)C)N(C(=O)C=Cc1ccc(Cl)cc1Cl)CC2. The minimum Gasteiger partial charge on any atom is -0.493 e. The molecule has 0 spiro atoms. The summed E-state index contributed by atoms with van der Waals surface area (Å²) in [6, 6.07) is 9.02. The highest BCUT2D eigenvalue weighted by atomic mass is 35.5. The molecule has 0 aliphatic carbocycles. The Balaban J connectivity index is 1.79. The van der Waals surface area contributed by atoms with Crippen molar-refractivity contribution in [3.8, 4) is 11.5 Å². The van der Waals surface area contributed by atoms with E-state index < -0.39 is 0 Å². The third-order valence-corrected chi connectivity index (χ3v) is 5.25. The summed E-state index contributed by atoms with van der Waals surface area (Å²) in [5.74, 6) is 1.21. The summed E-state index contributed by atoms with van der Waals surface area (Å²) in [7, 11) is 5.60. The van der Waals surface area contributed by atoms with Crippen LogP contribution in [0.25, 0.3) is 6.08 Å². The van der Waals surface area contributed by atoms with Crippen LogP contribution in [0.2, 0.25) is 10.0 Å². The third-order valence-electron chi connectivity index (χ3n) is 4.69. The number of benzene rings is 2. The zero-order valence-corrected chi connectivity index (χ0v) is 18.3. The van der Waals surface area contributed by atoms with E-state index in [-0.39, 0.29) is 5.91 Å². The lowest BCUT2D eigenvalue weighted by Crippen LogP contribution is -2.27. The number of methoxy groups -OCH3 is 1. The van der Waals surface area contributed by atoms with Gasteiger partial charge >= 0.3 is 0 Å². The number of nitrogens with zero attached hydrogens (tertiary/aromatic N) is 2. The van der Waals surface area contributed by atoms with Gasteiger partial charge in [0, 0.05) is 35.3 Å². The second-order valence-electron chi connectivity index (χ2n) is 7.02. The van der Waals surface area contributed by atoms with Crippen LogP contribution in [0, 0.1) is 0 Å². The first-order chi connectivity index (χ1) is 13.9. The van der Waals surface area contributed by atoms with Gasteiger partial charge in [-0.25, -0.2) is 0 Å². The van der Waals surface area contributed by atoms with E-state index in [2.05, 4.69) is 0 Å². The van der Waals surface area contributed by atoms with Crippen LogP contribution in [0.1, 0.15) is 11.1 Å². The summed E-state index contributed by atoms with van der Waals surface area (Å²) in [6.45, 7) is 1.93. The summed E-state index contributed by atoms with van der Waals surface area (Å²) in [6.07, 6.45) is 4.00. The zero-order chi connectivity index (χ0) is 21.0. The van der Waals surface area contributed by atoms with E-state index >= 15 is 0 Å². The van der Waals surface area contributed by atoms with E-state index in [0.29, 0.717) is 34.7 Å². The Kier molecular flexibility index (Phi) is 7.06. The lowest BCUT2D eigenvalue weighted by atomic mass is 10.1. The maximum Gasteiger partial charge on any atom is 0.251 e. The summed E-state index contributed by atoms with van der Waals surface area (Å²) < 4.78 is 11.4. The Labute approximate surface area is 181 Å². The molecule has 1 aliphatic heterocycles. The second-order valence-corrected chi connectivity index (χ2v) is 7.87. The Hall–Kier alpha value is -2.21. The number of ether oxygens (including phenoxy) is 2. The average molecular weight is 435 g/mol. The molecule has 1 aliphatic rings. The first-order valence-corrected chi connectivity index (χ1v) is 10.1. The number of amides is 1. The number of hydrogen-bond acceptors (Lipinski definition) is 4. The van der Waals surface area contributed by atoms with Crippen molar-refractivity contribution in [2.24, 2.45) is 0 Å². The molecule has 0 fully saturated rings. The fourth-order valence-corrected chi connectivity index (χ4v) is 3.59. The maximum atomic E-state index is 12.8. The van der Waals surface area contributed by atoms with Crippen molar-refractivity contribution in [2.45, 2.75) is 6.42 Å². The largest absolute Gasteiger partial charge is 0.493 e. The minimum atomic E-state index is -0.112. The normalized spacial score (nSPS) is 13.2. The van der Waals surface area contributed by atoms with E-state index in [9.17, 15) is 4.79 Å². The number of carbonyl (C=O) groups excluding carboxylic acids is 1. The minimum absolute atomic E-state index is 0.112. The van der Waals surface area contributed by atoms with Crippen LogP contribution in [0.4, 0.5) is 5.69 Å². The molecule has 3 rings (SSSR count). The monoisotopic (exact) mass is 434 g/mol. The first-order valence-electron chi connectivity index (χ1n) is 9.32. The average Bonchev–Trinajstić information content (AvgIpc) is 3.09. The number of anilines is 1. The fraction of sp³-hybridized carbons (Fsp3) is 0.318. The molecule has 0 unspecified atom stereocenters. The van der Waals surface area contributed by atoms with Crippen LogP contribution in [0.15, 0.2) is 36.4 Å². The quantitative estimate of drug-likeness (QED) is 0.599. The van der Waals surface area contributed by atoms with Gasteiger partial charge in [0.2, 0.25) is 0 Å². The van der Waals surface area contributed by atoms with E-state index in [1.165, 1.54) is 6.08 Å². The molecular weight excluding hydrogens is 411 g/mol. The predicted molar refractivity (Wildman–Crippen MR) is 119 cm³/mol. The van der Waals surface area contributed by atoms with Crippen molar-refractivity contribution in [1.82, 2.24) is 4.90 Å². The summed E-state index contributed by atoms with van der Waals surface area (Å²) in [4.78, 5) is 16.6. The molecule has 0 saturated heterocycles. The Morgan fingerprint density at radius 3 is 2.69 bits per heavy atom. The van der Waals surface area contributed by atoms with Gasteiger partial charge < -0.3 is 19.3 Å². The van der Waals surface area contributed by atoms with Gasteiger partial charge in [0.25, 0.3) is 5.91 Å². The van der Waals surface area contributed by atoms with Crippen LogP contribution >= 0.6 is 23.2 Å². The Morgan fingerprint density at radius 1 is 1.21 bits per heavy atom. The van der Waals surface area contributed by atoms with Gasteiger partial charge in [-0.2, -0.15) is 0 Å². The van der Waals surface area contributed by atoms with E-state index in [4.69, 9.17) is 32.7 Å². The smallest absolute Gasteiger partial charge is 0.251 e. The van der Waals surface area contributed by atoms with Crippen LogP contribution in [-0.4, -0.2) is 51.7 Å².